The highest BCUT2D eigenvalue weighted by atomic mass is 19.1. The first-order chi connectivity index (χ1) is 12.1. The maximum absolute atomic E-state index is 13.1. The minimum Gasteiger partial charge on any atom is -0.481 e. The third kappa shape index (κ3) is 6.33. The van der Waals surface area contributed by atoms with E-state index in [0.29, 0.717) is 36.3 Å². The summed E-state index contributed by atoms with van der Waals surface area (Å²) >= 11 is 0. The molecule has 0 heterocycles. The van der Waals surface area contributed by atoms with E-state index in [4.69, 9.17) is 9.94 Å². The molecule has 2 aromatic rings. The summed E-state index contributed by atoms with van der Waals surface area (Å²) in [6, 6.07) is 11.6. The molecule has 6 heteroatoms. The standard InChI is InChI=1S/C19H19F2NO3/c20-16-9-5-14(6-10-16)19(15-7-11-17(21)12-8-15)22-25-13-3-1-2-4-18(23)24/h5-12H,1-4,13H2,(H,23,24). The Morgan fingerprint density at radius 3 is 1.88 bits per heavy atom. The Hall–Kier alpha value is -2.76. The van der Waals surface area contributed by atoms with Gasteiger partial charge in [-0.3, -0.25) is 4.79 Å². The molecule has 0 amide bonds. The van der Waals surface area contributed by atoms with Crippen molar-refractivity contribution in [2.45, 2.75) is 25.7 Å². The molecule has 0 atom stereocenters. The highest BCUT2D eigenvalue weighted by Gasteiger charge is 2.09. The van der Waals surface area contributed by atoms with Crippen molar-refractivity contribution in [1.29, 1.82) is 0 Å². The monoisotopic (exact) mass is 347 g/mol. The number of hydrogen-bond acceptors (Lipinski definition) is 3. The molecule has 0 saturated heterocycles. The summed E-state index contributed by atoms with van der Waals surface area (Å²) < 4.78 is 26.2. The Kier molecular flexibility index (Phi) is 7.07. The molecule has 0 radical (unpaired) electrons. The number of halogens is 2. The van der Waals surface area contributed by atoms with Gasteiger partial charge in [0.2, 0.25) is 0 Å². The lowest BCUT2D eigenvalue weighted by Gasteiger charge is -2.08. The van der Waals surface area contributed by atoms with Gasteiger partial charge in [-0.2, -0.15) is 0 Å². The zero-order chi connectivity index (χ0) is 18.1. The molecule has 132 valence electrons. The average molecular weight is 347 g/mol. The first kappa shape index (κ1) is 18.6. The zero-order valence-corrected chi connectivity index (χ0v) is 13.6. The van der Waals surface area contributed by atoms with Crippen LogP contribution >= 0.6 is 0 Å². The fourth-order valence-electron chi connectivity index (χ4n) is 2.22. The molecule has 0 aliphatic carbocycles. The Bertz CT molecular complexity index is 665. The number of carboxylic acids is 1. The fourth-order valence-corrected chi connectivity index (χ4v) is 2.22. The molecule has 0 aliphatic heterocycles. The predicted molar refractivity (Wildman–Crippen MR) is 90.5 cm³/mol. The van der Waals surface area contributed by atoms with Gasteiger partial charge in [0.15, 0.2) is 0 Å². The summed E-state index contributed by atoms with van der Waals surface area (Å²) in [5, 5.41) is 12.7. The summed E-state index contributed by atoms with van der Waals surface area (Å²) in [7, 11) is 0. The van der Waals surface area contributed by atoms with Crippen molar-refractivity contribution in [3.05, 3.63) is 71.3 Å². The van der Waals surface area contributed by atoms with E-state index in [9.17, 15) is 13.6 Å². The third-order valence-corrected chi connectivity index (χ3v) is 3.52. The van der Waals surface area contributed by atoms with Gasteiger partial charge >= 0.3 is 5.97 Å². The van der Waals surface area contributed by atoms with E-state index < -0.39 is 5.97 Å². The van der Waals surface area contributed by atoms with Gasteiger partial charge in [-0.05, 0) is 67.8 Å². The molecule has 4 nitrogen and oxygen atoms in total. The molecule has 2 aromatic carbocycles. The van der Waals surface area contributed by atoms with Crippen LogP contribution in [-0.4, -0.2) is 23.4 Å². The van der Waals surface area contributed by atoms with Crippen LogP contribution in [0.1, 0.15) is 36.8 Å². The summed E-state index contributed by atoms with van der Waals surface area (Å²) in [6.07, 6.45) is 2.13. The number of oxime groups is 1. The number of benzene rings is 2. The molecular formula is C19H19F2NO3. The molecular weight excluding hydrogens is 328 g/mol. The summed E-state index contributed by atoms with van der Waals surface area (Å²) in [5.74, 6) is -1.53. The Morgan fingerprint density at radius 2 is 1.40 bits per heavy atom. The summed E-state index contributed by atoms with van der Waals surface area (Å²) in [5.41, 5.74) is 1.78. The van der Waals surface area contributed by atoms with Crippen LogP contribution in [0.15, 0.2) is 53.7 Å². The molecule has 0 saturated carbocycles. The molecule has 1 N–H and O–H groups in total. The number of unbranched alkanes of at least 4 members (excludes halogenated alkanes) is 2. The van der Waals surface area contributed by atoms with E-state index in [-0.39, 0.29) is 18.1 Å². The average Bonchev–Trinajstić information content (AvgIpc) is 2.59. The van der Waals surface area contributed by atoms with Crippen molar-refractivity contribution in [2.24, 2.45) is 5.16 Å². The van der Waals surface area contributed by atoms with Gasteiger partial charge in [-0.1, -0.05) is 5.16 Å². The van der Waals surface area contributed by atoms with E-state index in [0.717, 1.165) is 6.42 Å². The predicted octanol–water partition coefficient (Wildman–Crippen LogP) is 4.38. The smallest absolute Gasteiger partial charge is 0.303 e. The van der Waals surface area contributed by atoms with Gasteiger partial charge in [0, 0.05) is 17.5 Å². The van der Waals surface area contributed by atoms with Crippen LogP contribution < -0.4 is 0 Å². The number of carbonyl (C=O) groups is 1. The lowest BCUT2D eigenvalue weighted by atomic mass is 10.0. The lowest BCUT2D eigenvalue weighted by Crippen LogP contribution is -2.05. The van der Waals surface area contributed by atoms with Crippen molar-refractivity contribution >= 4 is 11.7 Å². The Labute approximate surface area is 144 Å². The molecule has 0 spiro atoms. The van der Waals surface area contributed by atoms with Crippen LogP contribution in [0.4, 0.5) is 8.78 Å². The quantitative estimate of drug-likeness (QED) is 0.416. The second-order valence-electron chi connectivity index (χ2n) is 5.49. The second-order valence-corrected chi connectivity index (χ2v) is 5.49. The molecule has 0 unspecified atom stereocenters. The Morgan fingerprint density at radius 1 is 0.880 bits per heavy atom. The van der Waals surface area contributed by atoms with Gasteiger partial charge in [0.25, 0.3) is 0 Å². The SMILES string of the molecule is O=C(O)CCCCCON=C(c1ccc(F)cc1)c1ccc(F)cc1. The van der Waals surface area contributed by atoms with Gasteiger partial charge in [-0.25, -0.2) is 8.78 Å². The summed E-state index contributed by atoms with van der Waals surface area (Å²) in [4.78, 5) is 15.8. The van der Waals surface area contributed by atoms with Crippen LogP contribution in [0.25, 0.3) is 0 Å². The second kappa shape index (κ2) is 9.52. The van der Waals surface area contributed by atoms with Crippen molar-refractivity contribution in [3.63, 3.8) is 0 Å². The maximum atomic E-state index is 13.1. The number of aliphatic carboxylic acids is 1. The van der Waals surface area contributed by atoms with Gasteiger partial charge in [0.05, 0.1) is 0 Å². The zero-order valence-electron chi connectivity index (χ0n) is 13.6. The molecule has 0 aromatic heterocycles. The molecule has 0 fully saturated rings. The number of hydrogen-bond donors (Lipinski definition) is 1. The van der Waals surface area contributed by atoms with E-state index in [1.165, 1.54) is 24.3 Å². The van der Waals surface area contributed by atoms with Gasteiger partial charge < -0.3 is 9.94 Å². The van der Waals surface area contributed by atoms with Crippen molar-refractivity contribution in [3.8, 4) is 0 Å². The largest absolute Gasteiger partial charge is 0.481 e. The van der Waals surface area contributed by atoms with Crippen molar-refractivity contribution in [1.82, 2.24) is 0 Å². The van der Waals surface area contributed by atoms with Crippen LogP contribution in [0.2, 0.25) is 0 Å². The van der Waals surface area contributed by atoms with Crippen LogP contribution in [-0.2, 0) is 9.63 Å². The molecule has 0 bridgehead atoms. The van der Waals surface area contributed by atoms with E-state index in [1.807, 2.05) is 0 Å². The number of rotatable bonds is 9. The molecule has 2 rings (SSSR count). The van der Waals surface area contributed by atoms with Crippen LogP contribution in [0, 0.1) is 11.6 Å². The first-order valence-corrected chi connectivity index (χ1v) is 8.00. The minimum atomic E-state index is -0.811. The first-order valence-electron chi connectivity index (χ1n) is 8.00. The van der Waals surface area contributed by atoms with E-state index in [1.54, 1.807) is 24.3 Å². The van der Waals surface area contributed by atoms with Crippen molar-refractivity contribution < 1.29 is 23.5 Å². The summed E-state index contributed by atoms with van der Waals surface area (Å²) in [6.45, 7) is 0.339. The highest BCUT2D eigenvalue weighted by molar-refractivity contribution is 6.12. The normalized spacial score (nSPS) is 10.3. The maximum Gasteiger partial charge on any atom is 0.303 e. The van der Waals surface area contributed by atoms with Crippen LogP contribution in [0.3, 0.4) is 0 Å². The third-order valence-electron chi connectivity index (χ3n) is 3.52. The number of carboxylic acid groups (broad SMARTS) is 1. The lowest BCUT2D eigenvalue weighted by molar-refractivity contribution is -0.137. The van der Waals surface area contributed by atoms with Gasteiger partial charge in [-0.15, -0.1) is 0 Å². The topological polar surface area (TPSA) is 58.9 Å². The van der Waals surface area contributed by atoms with E-state index in [2.05, 4.69) is 5.16 Å². The minimum absolute atomic E-state index is 0.139. The van der Waals surface area contributed by atoms with Crippen molar-refractivity contribution in [2.75, 3.05) is 6.61 Å². The number of nitrogens with zero attached hydrogens (tertiary/aromatic N) is 1. The van der Waals surface area contributed by atoms with Gasteiger partial charge in [0.1, 0.15) is 24.0 Å². The molecule has 25 heavy (non-hydrogen) atoms. The Balaban J connectivity index is 2.03. The highest BCUT2D eigenvalue weighted by Crippen LogP contribution is 2.14. The molecule has 0 aliphatic rings. The van der Waals surface area contributed by atoms with Crippen LogP contribution in [0.5, 0.6) is 0 Å². The fraction of sp³-hybridized carbons (Fsp3) is 0.263. The van der Waals surface area contributed by atoms with E-state index >= 15 is 0 Å².